The molecular formula is C17H14BrNO2. The van der Waals surface area contributed by atoms with Crippen LogP contribution in [0.1, 0.15) is 18.7 Å². The molecule has 0 aliphatic carbocycles. The minimum absolute atomic E-state index is 0.577. The molecule has 0 radical (unpaired) electrons. The Balaban J connectivity index is 1.92. The summed E-state index contributed by atoms with van der Waals surface area (Å²) in [5.41, 5.74) is 0.625. The van der Waals surface area contributed by atoms with Gasteiger partial charge in [0, 0.05) is 0 Å². The number of hydrogen-bond donors (Lipinski definition) is 1. The minimum Gasteiger partial charge on any atom is -0.455 e. The number of aromatic nitrogens is 1. The van der Waals surface area contributed by atoms with E-state index in [4.69, 9.17) is 4.74 Å². The fourth-order valence-electron chi connectivity index (χ4n) is 2.12. The third-order valence-electron chi connectivity index (χ3n) is 3.24. The lowest BCUT2D eigenvalue weighted by Crippen LogP contribution is -1.95. The Morgan fingerprint density at radius 2 is 1.90 bits per heavy atom. The van der Waals surface area contributed by atoms with E-state index in [9.17, 15) is 5.11 Å². The van der Waals surface area contributed by atoms with Crippen LogP contribution in [0.2, 0.25) is 0 Å². The molecule has 0 amide bonds. The van der Waals surface area contributed by atoms with Crippen LogP contribution in [0.4, 0.5) is 0 Å². The van der Waals surface area contributed by atoms with E-state index in [-0.39, 0.29) is 0 Å². The van der Waals surface area contributed by atoms with Crippen molar-refractivity contribution in [1.82, 2.24) is 4.98 Å². The second kappa shape index (κ2) is 5.84. The van der Waals surface area contributed by atoms with Gasteiger partial charge in [0.1, 0.15) is 11.5 Å². The number of halogens is 1. The van der Waals surface area contributed by atoms with Crippen LogP contribution in [0.3, 0.4) is 0 Å². The van der Waals surface area contributed by atoms with Gasteiger partial charge in [0.2, 0.25) is 0 Å². The maximum absolute atomic E-state index is 9.46. The summed E-state index contributed by atoms with van der Waals surface area (Å²) in [6.07, 6.45) is 1.04. The standard InChI is InChI=1S/C17H14BrNO2/c1-11(20)15-8-7-13(10-19-15)21-16-9-6-12-4-2-3-5-14(12)17(16)18/h2-11,20H,1H3/t11-/m0/s1. The van der Waals surface area contributed by atoms with Gasteiger partial charge < -0.3 is 9.84 Å². The Morgan fingerprint density at radius 3 is 2.62 bits per heavy atom. The Bertz CT molecular complexity index is 769. The highest BCUT2D eigenvalue weighted by Crippen LogP contribution is 2.35. The van der Waals surface area contributed by atoms with Crippen molar-refractivity contribution < 1.29 is 9.84 Å². The fraction of sp³-hybridized carbons (Fsp3) is 0.118. The zero-order valence-electron chi connectivity index (χ0n) is 11.5. The molecular weight excluding hydrogens is 330 g/mol. The van der Waals surface area contributed by atoms with Crippen molar-refractivity contribution in [3.63, 3.8) is 0 Å². The summed E-state index contributed by atoms with van der Waals surface area (Å²) in [4.78, 5) is 4.18. The predicted octanol–water partition coefficient (Wildman–Crippen LogP) is 4.84. The van der Waals surface area contributed by atoms with Crippen LogP contribution in [-0.2, 0) is 0 Å². The highest BCUT2D eigenvalue weighted by atomic mass is 79.9. The summed E-state index contributed by atoms with van der Waals surface area (Å²) in [7, 11) is 0. The van der Waals surface area contributed by atoms with Crippen LogP contribution in [0.15, 0.2) is 59.2 Å². The van der Waals surface area contributed by atoms with Gasteiger partial charge in [-0.2, -0.15) is 0 Å². The number of benzene rings is 2. The molecule has 1 heterocycles. The van der Waals surface area contributed by atoms with Crippen LogP contribution >= 0.6 is 15.9 Å². The summed E-state index contributed by atoms with van der Waals surface area (Å²) < 4.78 is 6.78. The third-order valence-corrected chi connectivity index (χ3v) is 4.06. The minimum atomic E-state index is -0.577. The average Bonchev–Trinajstić information content (AvgIpc) is 2.51. The fourth-order valence-corrected chi connectivity index (χ4v) is 2.69. The van der Waals surface area contributed by atoms with Crippen LogP contribution in [0.5, 0.6) is 11.5 Å². The molecule has 2 aromatic carbocycles. The lowest BCUT2D eigenvalue weighted by molar-refractivity contribution is 0.194. The van der Waals surface area contributed by atoms with Crippen molar-refractivity contribution in [1.29, 1.82) is 0 Å². The first-order chi connectivity index (χ1) is 10.1. The van der Waals surface area contributed by atoms with E-state index in [0.717, 1.165) is 21.0 Å². The Labute approximate surface area is 131 Å². The normalized spacial score (nSPS) is 12.3. The molecule has 0 saturated carbocycles. The smallest absolute Gasteiger partial charge is 0.145 e. The Morgan fingerprint density at radius 1 is 1.10 bits per heavy atom. The summed E-state index contributed by atoms with van der Waals surface area (Å²) in [5.74, 6) is 1.37. The highest BCUT2D eigenvalue weighted by molar-refractivity contribution is 9.10. The molecule has 3 aromatic rings. The van der Waals surface area contributed by atoms with Gasteiger partial charge in [-0.3, -0.25) is 4.98 Å². The molecule has 1 aromatic heterocycles. The van der Waals surface area contributed by atoms with Crippen molar-refractivity contribution in [3.05, 3.63) is 64.9 Å². The van der Waals surface area contributed by atoms with Gasteiger partial charge in [0.05, 0.1) is 22.5 Å². The van der Waals surface area contributed by atoms with Gasteiger partial charge in [-0.05, 0) is 51.8 Å². The van der Waals surface area contributed by atoms with Crippen molar-refractivity contribution in [2.45, 2.75) is 13.0 Å². The quantitative estimate of drug-likeness (QED) is 0.739. The first-order valence-electron chi connectivity index (χ1n) is 6.64. The first-order valence-corrected chi connectivity index (χ1v) is 7.43. The SMILES string of the molecule is C[C@H](O)c1ccc(Oc2ccc3ccccc3c2Br)cn1. The molecule has 0 aliphatic heterocycles. The molecule has 0 bridgehead atoms. The van der Waals surface area contributed by atoms with Gasteiger partial charge in [-0.25, -0.2) is 0 Å². The van der Waals surface area contributed by atoms with E-state index < -0.39 is 6.10 Å². The second-order valence-corrected chi connectivity index (χ2v) is 5.59. The highest BCUT2D eigenvalue weighted by Gasteiger charge is 2.08. The molecule has 4 heteroatoms. The summed E-state index contributed by atoms with van der Waals surface area (Å²) in [6.45, 7) is 1.68. The van der Waals surface area contributed by atoms with Gasteiger partial charge in [0.25, 0.3) is 0 Å². The van der Waals surface area contributed by atoms with Gasteiger partial charge >= 0.3 is 0 Å². The van der Waals surface area contributed by atoms with Crippen LogP contribution in [0.25, 0.3) is 10.8 Å². The molecule has 3 rings (SSSR count). The van der Waals surface area contributed by atoms with E-state index in [0.29, 0.717) is 11.4 Å². The largest absolute Gasteiger partial charge is 0.455 e. The number of ether oxygens (including phenoxy) is 1. The predicted molar refractivity (Wildman–Crippen MR) is 86.6 cm³/mol. The van der Waals surface area contributed by atoms with Gasteiger partial charge in [-0.15, -0.1) is 0 Å². The lowest BCUT2D eigenvalue weighted by Gasteiger charge is -2.10. The number of aliphatic hydroxyl groups excluding tert-OH is 1. The van der Waals surface area contributed by atoms with E-state index in [1.54, 1.807) is 25.3 Å². The number of rotatable bonds is 3. The number of fused-ring (bicyclic) bond motifs is 1. The van der Waals surface area contributed by atoms with Crippen molar-refractivity contribution in [2.75, 3.05) is 0 Å². The van der Waals surface area contributed by atoms with Crippen molar-refractivity contribution >= 4 is 26.7 Å². The van der Waals surface area contributed by atoms with E-state index in [2.05, 4.69) is 27.0 Å². The first kappa shape index (κ1) is 14.0. The number of nitrogens with zero attached hydrogens (tertiary/aromatic N) is 1. The van der Waals surface area contributed by atoms with Gasteiger partial charge in [0.15, 0.2) is 0 Å². The molecule has 0 unspecified atom stereocenters. The number of hydrogen-bond acceptors (Lipinski definition) is 3. The summed E-state index contributed by atoms with van der Waals surface area (Å²) in [6, 6.07) is 15.6. The van der Waals surface area contributed by atoms with E-state index in [1.807, 2.05) is 30.3 Å². The summed E-state index contributed by atoms with van der Waals surface area (Å²) in [5, 5.41) is 11.7. The Hall–Kier alpha value is -1.91. The van der Waals surface area contributed by atoms with Crippen molar-refractivity contribution in [3.8, 4) is 11.5 Å². The molecule has 0 spiro atoms. The van der Waals surface area contributed by atoms with Crippen LogP contribution < -0.4 is 4.74 Å². The molecule has 21 heavy (non-hydrogen) atoms. The Kier molecular flexibility index (Phi) is 3.90. The molecule has 1 atom stereocenters. The monoisotopic (exact) mass is 343 g/mol. The summed E-state index contributed by atoms with van der Waals surface area (Å²) >= 11 is 3.59. The maximum Gasteiger partial charge on any atom is 0.145 e. The molecule has 0 fully saturated rings. The zero-order chi connectivity index (χ0) is 14.8. The topological polar surface area (TPSA) is 42.4 Å². The second-order valence-electron chi connectivity index (χ2n) is 4.80. The van der Waals surface area contributed by atoms with Crippen LogP contribution in [0, 0.1) is 0 Å². The molecule has 1 N–H and O–H groups in total. The van der Waals surface area contributed by atoms with E-state index in [1.165, 1.54) is 0 Å². The average molecular weight is 344 g/mol. The molecule has 0 saturated heterocycles. The maximum atomic E-state index is 9.46. The number of aliphatic hydroxyl groups is 1. The third kappa shape index (κ3) is 2.91. The van der Waals surface area contributed by atoms with Crippen LogP contribution in [-0.4, -0.2) is 10.1 Å². The number of pyridine rings is 1. The van der Waals surface area contributed by atoms with Crippen molar-refractivity contribution in [2.24, 2.45) is 0 Å². The molecule has 106 valence electrons. The van der Waals surface area contributed by atoms with E-state index >= 15 is 0 Å². The lowest BCUT2D eigenvalue weighted by atomic mass is 10.1. The molecule has 3 nitrogen and oxygen atoms in total. The van der Waals surface area contributed by atoms with Gasteiger partial charge in [-0.1, -0.05) is 30.3 Å². The molecule has 0 aliphatic rings. The zero-order valence-corrected chi connectivity index (χ0v) is 13.0.